The first-order valence-corrected chi connectivity index (χ1v) is 12.6. The van der Waals surface area contributed by atoms with Gasteiger partial charge in [0.05, 0.1) is 11.8 Å². The number of benzene rings is 1. The zero-order valence-corrected chi connectivity index (χ0v) is 21.7. The number of hydrogen-bond acceptors (Lipinski definition) is 8. The molecule has 5 rings (SSSR count). The van der Waals surface area contributed by atoms with Gasteiger partial charge in [0.1, 0.15) is 29.6 Å². The summed E-state index contributed by atoms with van der Waals surface area (Å²) in [6, 6.07) is 7.57. The summed E-state index contributed by atoms with van der Waals surface area (Å²) in [7, 11) is 0. The van der Waals surface area contributed by atoms with E-state index in [0.717, 1.165) is 23.1 Å². The summed E-state index contributed by atoms with van der Waals surface area (Å²) in [5.41, 5.74) is 3.57. The van der Waals surface area contributed by atoms with Crippen molar-refractivity contribution in [2.24, 2.45) is 5.92 Å². The molecule has 1 aliphatic heterocycles. The summed E-state index contributed by atoms with van der Waals surface area (Å²) in [6.45, 7) is 7.48. The van der Waals surface area contributed by atoms with Crippen LogP contribution in [0.5, 0.6) is 5.75 Å². The van der Waals surface area contributed by atoms with E-state index in [1.54, 1.807) is 29.4 Å². The highest BCUT2D eigenvalue weighted by atomic mass is 16.5. The van der Waals surface area contributed by atoms with Crippen LogP contribution in [0.25, 0.3) is 23.5 Å². The largest absolute Gasteiger partial charge is 0.486 e. The maximum Gasteiger partial charge on any atom is 0.246 e. The van der Waals surface area contributed by atoms with E-state index in [1.165, 1.54) is 6.08 Å². The molecule has 3 aromatic heterocycles. The third-order valence-electron chi connectivity index (χ3n) is 6.29. The van der Waals surface area contributed by atoms with Crippen LogP contribution in [-0.4, -0.2) is 43.0 Å². The molecule has 0 saturated carbocycles. The molecule has 1 amide bonds. The van der Waals surface area contributed by atoms with Crippen molar-refractivity contribution >= 4 is 18.1 Å². The second-order valence-electron chi connectivity index (χ2n) is 9.59. The Labute approximate surface area is 220 Å². The average molecular weight is 515 g/mol. The predicted octanol–water partition coefficient (Wildman–Crippen LogP) is 4.99. The van der Waals surface area contributed by atoms with Crippen LogP contribution in [0.15, 0.2) is 51.5 Å². The highest BCUT2D eigenvalue weighted by Gasteiger charge is 2.23. The molecule has 196 valence electrons. The van der Waals surface area contributed by atoms with Gasteiger partial charge in [-0.2, -0.15) is 5.21 Å². The lowest BCUT2D eigenvalue weighted by Crippen LogP contribution is -2.34. The topological polar surface area (TPSA) is 123 Å². The number of amides is 1. The van der Waals surface area contributed by atoms with Crippen LogP contribution in [0, 0.1) is 12.8 Å². The van der Waals surface area contributed by atoms with Crippen LogP contribution in [0.4, 0.5) is 0 Å². The zero-order valence-electron chi connectivity index (χ0n) is 21.7. The molecule has 0 radical (unpaired) electrons. The predicted molar refractivity (Wildman–Crippen MR) is 141 cm³/mol. The fourth-order valence-corrected chi connectivity index (χ4v) is 4.23. The molecule has 10 nitrogen and oxygen atoms in total. The van der Waals surface area contributed by atoms with Gasteiger partial charge in [-0.05, 0) is 78.4 Å². The summed E-state index contributed by atoms with van der Waals surface area (Å²) in [6.07, 6.45) is 10.4. The second-order valence-corrected chi connectivity index (χ2v) is 9.59. The van der Waals surface area contributed by atoms with Crippen molar-refractivity contribution < 1.29 is 18.4 Å². The number of hydrogen-bond donors (Lipinski definition) is 1. The molecule has 0 atom stereocenters. The molecule has 0 saturated heterocycles. The van der Waals surface area contributed by atoms with Crippen LogP contribution in [0.3, 0.4) is 0 Å². The van der Waals surface area contributed by atoms with Crippen LogP contribution in [0.1, 0.15) is 54.5 Å². The number of carbonyl (C=O) groups is 1. The number of aromatic amines is 1. The number of furan rings is 1. The van der Waals surface area contributed by atoms with Gasteiger partial charge in [-0.3, -0.25) is 4.79 Å². The lowest BCUT2D eigenvalue weighted by molar-refractivity contribution is -0.126. The molecule has 38 heavy (non-hydrogen) atoms. The minimum Gasteiger partial charge on any atom is -0.486 e. The van der Waals surface area contributed by atoms with Gasteiger partial charge in [-0.25, -0.2) is 4.98 Å². The third kappa shape index (κ3) is 5.91. The Morgan fingerprint density at radius 3 is 2.92 bits per heavy atom. The Balaban J connectivity index is 1.35. The number of ether oxygens (including phenoxy) is 1. The van der Waals surface area contributed by atoms with Crippen molar-refractivity contribution in [1.29, 1.82) is 0 Å². The van der Waals surface area contributed by atoms with E-state index in [9.17, 15) is 4.79 Å². The first kappa shape index (κ1) is 25.2. The second kappa shape index (κ2) is 11.3. The van der Waals surface area contributed by atoms with Gasteiger partial charge >= 0.3 is 0 Å². The molecular weight excluding hydrogens is 484 g/mol. The summed E-state index contributed by atoms with van der Waals surface area (Å²) >= 11 is 0. The Bertz CT molecular complexity index is 1430. The van der Waals surface area contributed by atoms with Crippen molar-refractivity contribution in [1.82, 2.24) is 30.5 Å². The zero-order chi connectivity index (χ0) is 26.5. The number of rotatable bonds is 9. The number of carbonyl (C=O) groups excluding carboxylic acids is 1. The van der Waals surface area contributed by atoms with Crippen molar-refractivity contribution in [3.63, 3.8) is 0 Å². The number of nitrogens with zero attached hydrogens (tertiary/aromatic N) is 5. The number of H-pyrrole nitrogens is 1. The molecular formula is C28H30N6O4. The van der Waals surface area contributed by atoms with Crippen molar-refractivity contribution in [2.45, 2.75) is 46.8 Å². The molecule has 4 aromatic rings. The van der Waals surface area contributed by atoms with Gasteiger partial charge in [0.25, 0.3) is 0 Å². The van der Waals surface area contributed by atoms with Gasteiger partial charge in [-0.1, -0.05) is 19.9 Å². The summed E-state index contributed by atoms with van der Waals surface area (Å²) in [5.74, 6) is 3.42. The molecule has 4 heterocycles. The minimum atomic E-state index is -0.0759. The fourth-order valence-electron chi connectivity index (χ4n) is 4.23. The quantitative estimate of drug-likeness (QED) is 0.310. The summed E-state index contributed by atoms with van der Waals surface area (Å²) < 4.78 is 17.3. The number of aromatic nitrogens is 5. The summed E-state index contributed by atoms with van der Waals surface area (Å²) in [5, 5.41) is 14.5. The Morgan fingerprint density at radius 1 is 1.26 bits per heavy atom. The van der Waals surface area contributed by atoms with E-state index in [-0.39, 0.29) is 12.5 Å². The molecule has 1 aliphatic rings. The van der Waals surface area contributed by atoms with Crippen LogP contribution < -0.4 is 4.74 Å². The fraction of sp³-hybridized carbons (Fsp3) is 0.321. The maximum atomic E-state index is 12.8. The average Bonchev–Trinajstić information content (AvgIpc) is 3.68. The minimum absolute atomic E-state index is 0.0759. The smallest absolute Gasteiger partial charge is 0.246 e. The Hall–Kier alpha value is -4.47. The SMILES string of the molecule is Cc1oc(/C=C/CC(C)C)nc1COc1cc2c(cc1-c1nn[nH]n1)CCN(C(=O)/C=C/c1ccco1)C2. The molecule has 0 bridgehead atoms. The van der Waals surface area contributed by atoms with Gasteiger partial charge in [-0.15, -0.1) is 10.2 Å². The lowest BCUT2D eigenvalue weighted by atomic mass is 9.96. The normalized spacial score (nSPS) is 13.6. The highest BCUT2D eigenvalue weighted by Crippen LogP contribution is 2.34. The maximum absolute atomic E-state index is 12.8. The van der Waals surface area contributed by atoms with E-state index in [2.05, 4.69) is 45.5 Å². The van der Waals surface area contributed by atoms with Gasteiger partial charge in [0.15, 0.2) is 0 Å². The number of tetrazole rings is 1. The van der Waals surface area contributed by atoms with E-state index in [0.29, 0.717) is 60.1 Å². The third-order valence-corrected chi connectivity index (χ3v) is 6.29. The monoisotopic (exact) mass is 514 g/mol. The Kier molecular flexibility index (Phi) is 7.48. The molecule has 0 fully saturated rings. The number of allylic oxidation sites excluding steroid dienone is 1. The van der Waals surface area contributed by atoms with E-state index < -0.39 is 0 Å². The number of fused-ring (bicyclic) bond motifs is 1. The van der Waals surface area contributed by atoms with Gasteiger partial charge < -0.3 is 18.5 Å². The number of nitrogens with one attached hydrogen (secondary N) is 1. The first-order chi connectivity index (χ1) is 18.5. The first-order valence-electron chi connectivity index (χ1n) is 12.6. The van der Waals surface area contributed by atoms with E-state index >= 15 is 0 Å². The molecule has 0 unspecified atom stereocenters. The number of aryl methyl sites for hydroxylation is 1. The van der Waals surface area contributed by atoms with Crippen molar-refractivity contribution in [2.75, 3.05) is 6.54 Å². The summed E-state index contributed by atoms with van der Waals surface area (Å²) in [4.78, 5) is 19.2. The van der Waals surface area contributed by atoms with E-state index in [4.69, 9.17) is 13.6 Å². The standard InChI is InChI=1S/C28H30N6O4/c1-18(2)6-4-8-26-29-24(19(3)38-26)17-37-25-15-21-16-34(27(35)10-9-22-7-5-13-36-22)12-11-20(21)14-23(25)28-30-32-33-31-28/h4-5,7-10,13-15,18H,6,11-12,16-17H2,1-3H3,(H,30,31,32,33)/b8-4+,10-9+. The highest BCUT2D eigenvalue weighted by molar-refractivity contribution is 5.91. The van der Waals surface area contributed by atoms with Crippen LogP contribution in [0.2, 0.25) is 0 Å². The van der Waals surface area contributed by atoms with Gasteiger partial charge in [0.2, 0.25) is 17.6 Å². The molecule has 1 N–H and O–H groups in total. The van der Waals surface area contributed by atoms with E-state index in [1.807, 2.05) is 25.1 Å². The van der Waals surface area contributed by atoms with Crippen molar-refractivity contribution in [3.05, 3.63) is 76.9 Å². The van der Waals surface area contributed by atoms with Gasteiger partial charge in [0, 0.05) is 19.2 Å². The number of oxazole rings is 1. The van der Waals surface area contributed by atoms with Crippen LogP contribution >= 0.6 is 0 Å². The lowest BCUT2D eigenvalue weighted by Gasteiger charge is -2.29. The molecule has 1 aromatic carbocycles. The molecule has 0 spiro atoms. The Morgan fingerprint density at radius 2 is 2.16 bits per heavy atom. The molecule has 10 heteroatoms. The molecule has 0 aliphatic carbocycles. The van der Waals surface area contributed by atoms with Crippen molar-refractivity contribution in [3.8, 4) is 17.1 Å². The van der Waals surface area contributed by atoms with Crippen LogP contribution in [-0.2, 0) is 24.4 Å².